The molecule has 1 saturated carbocycles. The molecule has 1 heterocycles. The van der Waals surface area contributed by atoms with E-state index in [-0.39, 0.29) is 28.1 Å². The van der Waals surface area contributed by atoms with Crippen molar-refractivity contribution in [2.75, 3.05) is 10.0 Å². The molecule has 0 spiro atoms. The van der Waals surface area contributed by atoms with Crippen molar-refractivity contribution < 1.29 is 31.5 Å². The van der Waals surface area contributed by atoms with E-state index in [4.69, 9.17) is 11.6 Å². The zero-order valence-corrected chi connectivity index (χ0v) is 17.8. The molecule has 1 aromatic heterocycles. The van der Waals surface area contributed by atoms with Gasteiger partial charge in [0.2, 0.25) is 0 Å². The highest BCUT2D eigenvalue weighted by Crippen LogP contribution is 2.30. The molecule has 1 aliphatic carbocycles. The van der Waals surface area contributed by atoms with Crippen LogP contribution in [0.2, 0.25) is 5.02 Å². The predicted molar refractivity (Wildman–Crippen MR) is 109 cm³/mol. The van der Waals surface area contributed by atoms with E-state index in [1.165, 1.54) is 17.8 Å². The van der Waals surface area contributed by atoms with Crippen LogP contribution in [0.5, 0.6) is 0 Å². The van der Waals surface area contributed by atoms with Crippen molar-refractivity contribution in [3.8, 4) is 0 Å². The maximum absolute atomic E-state index is 13.4. The summed E-state index contributed by atoms with van der Waals surface area (Å²) in [6, 6.07) is 0.846. The fraction of sp³-hybridized carbons (Fsp3) is 0.389. The first-order valence-electron chi connectivity index (χ1n) is 9.25. The number of hydrogen-bond donors (Lipinski definition) is 4. The second-order valence-electron chi connectivity index (χ2n) is 7.25. The van der Waals surface area contributed by atoms with E-state index >= 15 is 0 Å². The molecule has 170 valence electrons. The molecule has 8 nitrogen and oxygen atoms in total. The maximum Gasteiger partial charge on any atom is 0.299 e. The van der Waals surface area contributed by atoms with Crippen molar-refractivity contribution in [2.45, 2.75) is 37.8 Å². The van der Waals surface area contributed by atoms with Crippen LogP contribution in [-0.4, -0.2) is 36.1 Å². The molecule has 0 radical (unpaired) electrons. The fourth-order valence-corrected chi connectivity index (χ4v) is 4.88. The van der Waals surface area contributed by atoms with Gasteiger partial charge in [-0.3, -0.25) is 9.52 Å². The van der Waals surface area contributed by atoms with Gasteiger partial charge in [0.1, 0.15) is 5.69 Å². The Morgan fingerprint density at radius 1 is 1.16 bits per heavy atom. The molecule has 1 fully saturated rings. The fourth-order valence-electron chi connectivity index (χ4n) is 3.33. The Bertz CT molecular complexity index is 1080. The van der Waals surface area contributed by atoms with E-state index in [2.05, 4.69) is 14.8 Å². The number of rotatable bonds is 6. The van der Waals surface area contributed by atoms with Crippen molar-refractivity contribution in [2.24, 2.45) is 7.05 Å². The topological polar surface area (TPSA) is 112 Å². The number of aliphatic hydroxyl groups is 1. The number of aryl methyl sites for hydroxylation is 1. The van der Waals surface area contributed by atoms with Crippen LogP contribution in [0, 0.1) is 17.5 Å². The highest BCUT2D eigenvalue weighted by molar-refractivity contribution is 7.90. The minimum absolute atomic E-state index is 0.0888. The first kappa shape index (κ1) is 23.4. The minimum Gasteiger partial charge on any atom is -0.393 e. The van der Waals surface area contributed by atoms with Gasteiger partial charge in [-0.2, -0.15) is 13.1 Å². The van der Waals surface area contributed by atoms with Gasteiger partial charge in [0.25, 0.3) is 16.1 Å². The third-order valence-electron chi connectivity index (χ3n) is 4.84. The molecule has 0 aliphatic heterocycles. The van der Waals surface area contributed by atoms with Gasteiger partial charge in [0, 0.05) is 37.1 Å². The Balaban J connectivity index is 1.74. The monoisotopic (exact) mass is 480 g/mol. The summed E-state index contributed by atoms with van der Waals surface area (Å²) in [5.41, 5.74) is -0.624. The quantitative estimate of drug-likeness (QED) is 0.476. The molecule has 0 unspecified atom stereocenters. The maximum atomic E-state index is 13.4. The molecule has 2 aromatic rings. The van der Waals surface area contributed by atoms with Gasteiger partial charge in [-0.1, -0.05) is 11.6 Å². The molecule has 13 heteroatoms. The molecule has 1 aromatic carbocycles. The number of benzene rings is 1. The van der Waals surface area contributed by atoms with E-state index in [1.807, 2.05) is 0 Å². The highest BCUT2D eigenvalue weighted by Gasteiger charge is 2.26. The zero-order chi connectivity index (χ0) is 22.9. The Labute approximate surface area is 181 Å². The third-order valence-corrected chi connectivity index (χ3v) is 6.35. The lowest BCUT2D eigenvalue weighted by atomic mass is 9.94. The van der Waals surface area contributed by atoms with Crippen LogP contribution < -0.4 is 14.8 Å². The molecule has 0 atom stereocenters. The second kappa shape index (κ2) is 9.07. The van der Waals surface area contributed by atoms with E-state index in [1.54, 1.807) is 0 Å². The largest absolute Gasteiger partial charge is 0.393 e. The lowest BCUT2D eigenvalue weighted by molar-refractivity contribution is 0.101. The van der Waals surface area contributed by atoms with Crippen molar-refractivity contribution >= 4 is 39.1 Å². The number of aromatic nitrogens is 1. The van der Waals surface area contributed by atoms with Crippen LogP contribution in [0.3, 0.4) is 0 Å². The highest BCUT2D eigenvalue weighted by atomic mass is 35.5. The van der Waals surface area contributed by atoms with E-state index < -0.39 is 39.7 Å². The van der Waals surface area contributed by atoms with Gasteiger partial charge in [-0.05, 0) is 25.7 Å². The number of carbonyl (C=O) groups excluding carboxylic acids is 1. The van der Waals surface area contributed by atoms with E-state index in [0.29, 0.717) is 37.8 Å². The number of nitrogens with zero attached hydrogens (tertiary/aromatic N) is 1. The van der Waals surface area contributed by atoms with Crippen molar-refractivity contribution in [3.05, 3.63) is 46.5 Å². The Morgan fingerprint density at radius 2 is 1.74 bits per heavy atom. The summed E-state index contributed by atoms with van der Waals surface area (Å²) in [5, 5.41) is 11.5. The summed E-state index contributed by atoms with van der Waals surface area (Å²) < 4.78 is 70.6. The zero-order valence-electron chi connectivity index (χ0n) is 16.3. The van der Waals surface area contributed by atoms with Crippen LogP contribution in [0.4, 0.5) is 24.5 Å². The van der Waals surface area contributed by atoms with Gasteiger partial charge in [-0.15, -0.1) is 0 Å². The van der Waals surface area contributed by atoms with Crippen LogP contribution in [0.1, 0.15) is 36.2 Å². The summed E-state index contributed by atoms with van der Waals surface area (Å²) in [6.45, 7) is 0. The SMILES string of the molecule is Cn1cc(NS(=O)(=O)NC2CCC(O)CC2)c(Cl)c1C(=O)Nc1cc(F)c(F)c(F)c1. The minimum atomic E-state index is -4.03. The molecule has 1 aliphatic rings. The molecule has 1 amide bonds. The molecular weight excluding hydrogens is 461 g/mol. The Morgan fingerprint density at radius 3 is 2.32 bits per heavy atom. The lowest BCUT2D eigenvalue weighted by Crippen LogP contribution is -2.41. The van der Waals surface area contributed by atoms with Crippen LogP contribution in [0.25, 0.3) is 0 Å². The number of amides is 1. The number of halogens is 4. The van der Waals surface area contributed by atoms with Crippen molar-refractivity contribution in [1.82, 2.24) is 9.29 Å². The Kier molecular flexibility index (Phi) is 6.84. The van der Waals surface area contributed by atoms with E-state index in [0.717, 1.165) is 0 Å². The first-order chi connectivity index (χ1) is 14.5. The standard InChI is InChI=1S/C18H20ClF3N4O4S/c1-26-8-14(25-31(29,30)24-9-2-4-11(27)5-3-9)15(19)17(26)18(28)23-10-6-12(20)16(22)13(21)7-10/h6-9,11,24-25,27H,2-5H2,1H3,(H,23,28). The van der Waals surface area contributed by atoms with Crippen molar-refractivity contribution in [1.29, 1.82) is 0 Å². The summed E-state index contributed by atoms with van der Waals surface area (Å²) in [7, 11) is -2.61. The van der Waals surface area contributed by atoms with Crippen molar-refractivity contribution in [3.63, 3.8) is 0 Å². The summed E-state index contributed by atoms with van der Waals surface area (Å²) in [4.78, 5) is 12.5. The smallest absolute Gasteiger partial charge is 0.299 e. The molecular formula is C18H20ClF3N4O4S. The van der Waals surface area contributed by atoms with Gasteiger partial charge in [0.15, 0.2) is 17.5 Å². The van der Waals surface area contributed by atoms with E-state index in [9.17, 15) is 31.5 Å². The molecule has 0 bridgehead atoms. The molecule has 3 rings (SSSR count). The van der Waals surface area contributed by atoms with Gasteiger partial charge >= 0.3 is 0 Å². The molecule has 31 heavy (non-hydrogen) atoms. The number of hydrogen-bond acceptors (Lipinski definition) is 4. The van der Waals surface area contributed by atoms with Crippen LogP contribution in [-0.2, 0) is 17.3 Å². The Hall–Kier alpha value is -2.28. The first-order valence-corrected chi connectivity index (χ1v) is 11.1. The number of aliphatic hydroxyl groups excluding tert-OH is 1. The second-order valence-corrected chi connectivity index (χ2v) is 9.08. The lowest BCUT2D eigenvalue weighted by Gasteiger charge is -2.26. The number of anilines is 2. The third kappa shape index (κ3) is 5.50. The summed E-state index contributed by atoms with van der Waals surface area (Å²) in [5.74, 6) is -5.53. The van der Waals surface area contributed by atoms with Crippen LogP contribution >= 0.6 is 11.6 Å². The van der Waals surface area contributed by atoms with Crippen LogP contribution in [0.15, 0.2) is 18.3 Å². The summed E-state index contributed by atoms with van der Waals surface area (Å²) >= 11 is 6.17. The number of nitrogens with one attached hydrogen (secondary N) is 3. The molecule has 0 saturated heterocycles. The van der Waals surface area contributed by atoms with Gasteiger partial charge in [-0.25, -0.2) is 13.2 Å². The predicted octanol–water partition coefficient (Wildman–Crippen LogP) is 2.90. The molecule has 4 N–H and O–H groups in total. The van der Waals surface area contributed by atoms with Gasteiger partial charge in [0.05, 0.1) is 16.8 Å². The average molecular weight is 481 g/mol. The van der Waals surface area contributed by atoms with Gasteiger partial charge < -0.3 is 15.0 Å². The normalized spacial score (nSPS) is 19.3. The summed E-state index contributed by atoms with van der Waals surface area (Å²) in [6.07, 6.45) is 2.72. The average Bonchev–Trinajstić information content (AvgIpc) is 2.94. The number of carbonyl (C=O) groups is 1.